The average Bonchev–Trinajstić information content (AvgIpc) is 2.34. The largest absolute Gasteiger partial charge is 0.478 e. The van der Waals surface area contributed by atoms with Crippen molar-refractivity contribution in [3.63, 3.8) is 0 Å². The van der Waals surface area contributed by atoms with Gasteiger partial charge in [-0.15, -0.1) is 11.6 Å². The van der Waals surface area contributed by atoms with Crippen LogP contribution in [0, 0.1) is 0 Å². The van der Waals surface area contributed by atoms with Crippen LogP contribution in [-0.2, 0) is 4.74 Å². The van der Waals surface area contributed by atoms with E-state index in [-0.39, 0.29) is 5.56 Å². The number of ether oxygens (including phenoxy) is 1. The second-order valence-electron chi connectivity index (χ2n) is 3.52. The van der Waals surface area contributed by atoms with Gasteiger partial charge >= 0.3 is 5.97 Å². The lowest BCUT2D eigenvalue weighted by molar-refractivity contribution is 0.0697. The summed E-state index contributed by atoms with van der Waals surface area (Å²) in [7, 11) is 1.65. The molecule has 0 saturated heterocycles. The Morgan fingerprint density at radius 1 is 1.35 bits per heavy atom. The number of alkyl halides is 1. The minimum absolute atomic E-state index is 0.284. The molecule has 1 aromatic carbocycles. The van der Waals surface area contributed by atoms with Crippen molar-refractivity contribution in [1.82, 2.24) is 0 Å². The summed E-state index contributed by atoms with van der Waals surface area (Å²) >= 11 is 5.73. The highest BCUT2D eigenvalue weighted by Crippen LogP contribution is 2.15. The van der Waals surface area contributed by atoms with Gasteiger partial charge in [-0.25, -0.2) is 4.79 Å². The third kappa shape index (κ3) is 4.24. The normalized spacial score (nSPS) is 10.2. The lowest BCUT2D eigenvalue weighted by atomic mass is 10.2. The summed E-state index contributed by atoms with van der Waals surface area (Å²) in [5, 5.41) is 8.80. The molecule has 0 unspecified atom stereocenters. The molecule has 1 N–H and O–H groups in total. The fraction of sp³-hybridized carbons (Fsp3) is 0.417. The van der Waals surface area contributed by atoms with Crippen molar-refractivity contribution < 1.29 is 14.6 Å². The van der Waals surface area contributed by atoms with E-state index in [0.717, 1.165) is 12.2 Å². The molecule has 0 bridgehead atoms. The van der Waals surface area contributed by atoms with Gasteiger partial charge in [0.05, 0.1) is 12.2 Å². The molecule has 0 spiro atoms. The van der Waals surface area contributed by atoms with Crippen molar-refractivity contribution in [2.24, 2.45) is 0 Å². The highest BCUT2D eigenvalue weighted by Gasteiger charge is 2.07. The van der Waals surface area contributed by atoms with Gasteiger partial charge in [0.2, 0.25) is 0 Å². The molecule has 0 aliphatic carbocycles. The summed E-state index contributed by atoms with van der Waals surface area (Å²) in [6.45, 7) is 2.05. The van der Waals surface area contributed by atoms with Gasteiger partial charge in [0.25, 0.3) is 0 Å². The molecule has 1 aromatic rings. The second-order valence-corrected chi connectivity index (χ2v) is 3.90. The monoisotopic (exact) mass is 257 g/mol. The first-order chi connectivity index (χ1) is 8.19. The molecule has 0 aliphatic rings. The van der Waals surface area contributed by atoms with E-state index < -0.39 is 5.97 Å². The van der Waals surface area contributed by atoms with E-state index in [0.29, 0.717) is 19.0 Å². The molecule has 0 radical (unpaired) electrons. The van der Waals surface area contributed by atoms with Gasteiger partial charge in [-0.1, -0.05) is 0 Å². The van der Waals surface area contributed by atoms with E-state index in [9.17, 15) is 4.79 Å². The van der Waals surface area contributed by atoms with Crippen LogP contribution in [0.1, 0.15) is 10.4 Å². The zero-order valence-electron chi connectivity index (χ0n) is 9.73. The fourth-order valence-corrected chi connectivity index (χ4v) is 1.69. The Morgan fingerprint density at radius 2 is 2.00 bits per heavy atom. The first-order valence-corrected chi connectivity index (χ1v) is 5.85. The predicted molar refractivity (Wildman–Crippen MR) is 68.2 cm³/mol. The molecular weight excluding hydrogens is 242 g/mol. The summed E-state index contributed by atoms with van der Waals surface area (Å²) in [5.41, 5.74) is 1.24. The quantitative estimate of drug-likeness (QED) is 0.760. The van der Waals surface area contributed by atoms with Gasteiger partial charge in [-0.05, 0) is 24.3 Å². The van der Waals surface area contributed by atoms with Crippen LogP contribution in [0.5, 0.6) is 0 Å². The minimum atomic E-state index is -0.919. The number of carboxylic acids is 1. The van der Waals surface area contributed by atoms with Gasteiger partial charge in [0, 0.05) is 31.8 Å². The number of aromatic carboxylic acids is 1. The number of halogens is 1. The van der Waals surface area contributed by atoms with E-state index in [2.05, 4.69) is 4.90 Å². The van der Waals surface area contributed by atoms with Crippen molar-refractivity contribution in [2.75, 3.05) is 37.6 Å². The molecule has 17 heavy (non-hydrogen) atoms. The number of rotatable bonds is 7. The Balaban J connectivity index is 2.75. The van der Waals surface area contributed by atoms with Gasteiger partial charge in [0.1, 0.15) is 0 Å². The average molecular weight is 258 g/mol. The molecule has 0 saturated carbocycles. The second kappa shape index (κ2) is 7.14. The molecule has 0 amide bonds. The van der Waals surface area contributed by atoms with E-state index >= 15 is 0 Å². The Labute approximate surface area is 106 Å². The fourth-order valence-electron chi connectivity index (χ4n) is 1.49. The Morgan fingerprint density at radius 3 is 2.47 bits per heavy atom. The predicted octanol–water partition coefficient (Wildman–Crippen LogP) is 2.08. The zero-order chi connectivity index (χ0) is 12.7. The van der Waals surface area contributed by atoms with Crippen LogP contribution in [0.4, 0.5) is 5.69 Å². The first-order valence-electron chi connectivity index (χ1n) is 5.32. The van der Waals surface area contributed by atoms with Crippen LogP contribution in [0.15, 0.2) is 24.3 Å². The molecule has 0 aliphatic heterocycles. The van der Waals surface area contributed by atoms with Crippen LogP contribution in [0.2, 0.25) is 0 Å². The molecule has 0 atom stereocenters. The number of hydrogen-bond acceptors (Lipinski definition) is 3. The number of carboxylic acid groups (broad SMARTS) is 1. The highest BCUT2D eigenvalue weighted by atomic mass is 35.5. The molecule has 1 rings (SSSR count). The Kier molecular flexibility index (Phi) is 5.80. The van der Waals surface area contributed by atoms with Crippen molar-refractivity contribution in [2.45, 2.75) is 0 Å². The standard InChI is InChI=1S/C12H16ClNO3/c1-17-9-8-14(7-6-13)11-4-2-10(3-5-11)12(15)16/h2-5H,6-9H2,1H3,(H,15,16). The smallest absolute Gasteiger partial charge is 0.335 e. The maximum atomic E-state index is 10.7. The van der Waals surface area contributed by atoms with Gasteiger partial charge in [-0.2, -0.15) is 0 Å². The van der Waals surface area contributed by atoms with E-state index in [4.69, 9.17) is 21.4 Å². The van der Waals surface area contributed by atoms with Crippen molar-refractivity contribution in [1.29, 1.82) is 0 Å². The van der Waals surface area contributed by atoms with Gasteiger partial charge < -0.3 is 14.7 Å². The first kappa shape index (κ1) is 13.8. The molecule has 94 valence electrons. The molecule has 5 heteroatoms. The lowest BCUT2D eigenvalue weighted by Crippen LogP contribution is -2.29. The molecule has 4 nitrogen and oxygen atoms in total. The van der Waals surface area contributed by atoms with Crippen molar-refractivity contribution >= 4 is 23.3 Å². The van der Waals surface area contributed by atoms with E-state index in [1.165, 1.54) is 0 Å². The summed E-state index contributed by atoms with van der Waals surface area (Å²) in [4.78, 5) is 12.8. The summed E-state index contributed by atoms with van der Waals surface area (Å²) in [5.74, 6) is -0.401. The lowest BCUT2D eigenvalue weighted by Gasteiger charge is -2.23. The summed E-state index contributed by atoms with van der Waals surface area (Å²) in [6, 6.07) is 6.74. The maximum Gasteiger partial charge on any atom is 0.335 e. The van der Waals surface area contributed by atoms with Crippen LogP contribution in [-0.4, -0.2) is 43.8 Å². The van der Waals surface area contributed by atoms with Crippen molar-refractivity contribution in [3.05, 3.63) is 29.8 Å². The topological polar surface area (TPSA) is 49.8 Å². The van der Waals surface area contributed by atoms with Gasteiger partial charge in [0.15, 0.2) is 0 Å². The van der Waals surface area contributed by atoms with Crippen molar-refractivity contribution in [3.8, 4) is 0 Å². The zero-order valence-corrected chi connectivity index (χ0v) is 10.5. The number of methoxy groups -OCH3 is 1. The minimum Gasteiger partial charge on any atom is -0.478 e. The summed E-state index contributed by atoms with van der Waals surface area (Å²) < 4.78 is 5.02. The number of carbonyl (C=O) groups is 1. The SMILES string of the molecule is COCCN(CCCl)c1ccc(C(=O)O)cc1. The Hall–Kier alpha value is -1.26. The van der Waals surface area contributed by atoms with E-state index in [1.54, 1.807) is 31.4 Å². The number of benzene rings is 1. The van der Waals surface area contributed by atoms with Gasteiger partial charge in [-0.3, -0.25) is 0 Å². The van der Waals surface area contributed by atoms with Crippen LogP contribution >= 0.6 is 11.6 Å². The van der Waals surface area contributed by atoms with Crippen LogP contribution in [0.25, 0.3) is 0 Å². The number of nitrogens with zero attached hydrogens (tertiary/aromatic N) is 1. The summed E-state index contributed by atoms with van der Waals surface area (Å²) in [6.07, 6.45) is 0. The molecule has 0 heterocycles. The maximum absolute atomic E-state index is 10.7. The number of anilines is 1. The Bertz CT molecular complexity index is 353. The highest BCUT2D eigenvalue weighted by molar-refractivity contribution is 6.18. The third-order valence-corrected chi connectivity index (χ3v) is 2.57. The van der Waals surface area contributed by atoms with Crippen LogP contribution < -0.4 is 4.90 Å². The number of hydrogen-bond donors (Lipinski definition) is 1. The third-order valence-electron chi connectivity index (χ3n) is 2.40. The van der Waals surface area contributed by atoms with E-state index in [1.807, 2.05) is 0 Å². The molecule has 0 fully saturated rings. The molecular formula is C12H16ClNO3. The molecule has 0 aromatic heterocycles. The van der Waals surface area contributed by atoms with Crippen LogP contribution in [0.3, 0.4) is 0 Å².